The van der Waals surface area contributed by atoms with Crippen LogP contribution in [0.5, 0.6) is 5.75 Å². The Morgan fingerprint density at radius 1 is 0.966 bits per heavy atom. The molecular weight excluding hydrogens is 362 g/mol. The first kappa shape index (κ1) is 19.4. The third-order valence-corrected chi connectivity index (χ3v) is 7.55. The molecule has 5 nitrogen and oxygen atoms in total. The lowest BCUT2D eigenvalue weighted by molar-refractivity contribution is -0.139. The Balaban J connectivity index is 1.11. The summed E-state index contributed by atoms with van der Waals surface area (Å²) in [5, 5.41) is 0. The van der Waals surface area contributed by atoms with Gasteiger partial charge in [0.05, 0.1) is 13.2 Å². The number of ether oxygens (including phenoxy) is 1. The number of piperidine rings is 1. The highest BCUT2D eigenvalue weighted by Gasteiger charge is 2.36. The summed E-state index contributed by atoms with van der Waals surface area (Å²) in [6.45, 7) is 7.54. The molecule has 3 fully saturated rings. The van der Waals surface area contributed by atoms with Gasteiger partial charge in [-0.2, -0.15) is 0 Å². The third-order valence-electron chi connectivity index (χ3n) is 7.55. The van der Waals surface area contributed by atoms with Gasteiger partial charge < -0.3 is 9.64 Å². The van der Waals surface area contributed by atoms with Crippen LogP contribution in [0.15, 0.2) is 18.2 Å². The van der Waals surface area contributed by atoms with Crippen LogP contribution in [0.25, 0.3) is 0 Å². The number of hydrogen-bond donors (Lipinski definition) is 0. The van der Waals surface area contributed by atoms with Crippen molar-refractivity contribution in [3.8, 4) is 5.75 Å². The standard InChI is InChI=1S/C24H35N3O2/c28-24(27-10-3-5-20-4-1-2-6-22(20)27)18-26-13-11-25(12-14-26)17-19-7-8-23-21(16-19)9-15-29-23/h7-8,16,20,22H,1-6,9-15,17-18H2/t20-,22-/m0/s1. The van der Waals surface area contributed by atoms with Gasteiger partial charge in [-0.05, 0) is 48.8 Å². The van der Waals surface area contributed by atoms with Crippen LogP contribution < -0.4 is 4.74 Å². The summed E-state index contributed by atoms with van der Waals surface area (Å²) in [4.78, 5) is 20.2. The van der Waals surface area contributed by atoms with Gasteiger partial charge in [0.25, 0.3) is 0 Å². The number of rotatable bonds is 4. The molecule has 3 aliphatic heterocycles. The van der Waals surface area contributed by atoms with Gasteiger partial charge in [0.15, 0.2) is 0 Å². The second kappa shape index (κ2) is 8.65. The zero-order valence-corrected chi connectivity index (χ0v) is 17.7. The predicted octanol–water partition coefficient (Wildman–Crippen LogP) is 2.92. The van der Waals surface area contributed by atoms with Crippen molar-refractivity contribution in [3.63, 3.8) is 0 Å². The van der Waals surface area contributed by atoms with Crippen LogP contribution in [-0.2, 0) is 17.8 Å². The molecule has 0 radical (unpaired) electrons. The van der Waals surface area contributed by atoms with Crippen LogP contribution in [-0.4, -0.2) is 72.5 Å². The summed E-state index contributed by atoms with van der Waals surface area (Å²) < 4.78 is 5.62. The molecule has 0 N–H and O–H groups in total. The maximum absolute atomic E-state index is 13.1. The Labute approximate surface area is 175 Å². The fourth-order valence-corrected chi connectivity index (χ4v) is 5.92. The van der Waals surface area contributed by atoms with E-state index in [1.54, 1.807) is 0 Å². The van der Waals surface area contributed by atoms with Crippen molar-refractivity contribution >= 4 is 5.91 Å². The molecule has 5 rings (SSSR count). The second-order valence-electron chi connectivity index (χ2n) is 9.43. The van der Waals surface area contributed by atoms with Crippen molar-refractivity contribution < 1.29 is 9.53 Å². The molecule has 3 heterocycles. The Morgan fingerprint density at radius 2 is 1.76 bits per heavy atom. The van der Waals surface area contributed by atoms with Gasteiger partial charge in [-0.15, -0.1) is 0 Å². The normalized spacial score (nSPS) is 27.9. The SMILES string of the molecule is O=C(CN1CCN(Cc2ccc3c(c2)CCO3)CC1)N1CCC[C@@H]2CCCC[C@@H]21. The fraction of sp³-hybridized carbons (Fsp3) is 0.708. The van der Waals surface area contributed by atoms with Gasteiger partial charge in [-0.3, -0.25) is 14.6 Å². The molecule has 1 saturated carbocycles. The minimum atomic E-state index is 0.383. The third kappa shape index (κ3) is 4.31. The van der Waals surface area contributed by atoms with Crippen LogP contribution in [0.4, 0.5) is 0 Å². The lowest BCUT2D eigenvalue weighted by Gasteiger charge is -2.45. The molecule has 2 saturated heterocycles. The molecule has 2 atom stereocenters. The van der Waals surface area contributed by atoms with Crippen molar-refractivity contribution in [2.24, 2.45) is 5.92 Å². The van der Waals surface area contributed by atoms with Gasteiger partial charge in [-0.25, -0.2) is 0 Å². The first-order valence-corrected chi connectivity index (χ1v) is 11.7. The van der Waals surface area contributed by atoms with Gasteiger partial charge in [0.2, 0.25) is 5.91 Å². The van der Waals surface area contributed by atoms with E-state index in [0.29, 0.717) is 18.5 Å². The molecule has 4 aliphatic rings. The summed E-state index contributed by atoms with van der Waals surface area (Å²) in [5.41, 5.74) is 2.74. The predicted molar refractivity (Wildman–Crippen MR) is 114 cm³/mol. The number of piperazine rings is 1. The van der Waals surface area contributed by atoms with Crippen molar-refractivity contribution in [2.75, 3.05) is 45.9 Å². The van der Waals surface area contributed by atoms with E-state index in [0.717, 1.165) is 64.0 Å². The summed E-state index contributed by atoms with van der Waals surface area (Å²) in [5.74, 6) is 2.22. The highest BCUT2D eigenvalue weighted by Crippen LogP contribution is 2.35. The minimum Gasteiger partial charge on any atom is -0.493 e. The van der Waals surface area contributed by atoms with E-state index in [-0.39, 0.29) is 0 Å². The van der Waals surface area contributed by atoms with E-state index in [2.05, 4.69) is 32.9 Å². The highest BCUT2D eigenvalue weighted by molar-refractivity contribution is 5.78. The summed E-state index contributed by atoms with van der Waals surface area (Å²) in [6.07, 6.45) is 8.81. The Kier molecular flexibility index (Phi) is 5.78. The average Bonchev–Trinajstić information content (AvgIpc) is 3.22. The maximum atomic E-state index is 13.1. The summed E-state index contributed by atoms with van der Waals surface area (Å²) in [6, 6.07) is 7.19. The number of likely N-dealkylation sites (tertiary alicyclic amines) is 1. The average molecular weight is 398 g/mol. The van der Waals surface area contributed by atoms with Gasteiger partial charge in [0.1, 0.15) is 5.75 Å². The van der Waals surface area contributed by atoms with Crippen molar-refractivity contribution in [3.05, 3.63) is 29.3 Å². The second-order valence-corrected chi connectivity index (χ2v) is 9.43. The summed E-state index contributed by atoms with van der Waals surface area (Å²) in [7, 11) is 0. The Hall–Kier alpha value is -1.59. The van der Waals surface area contributed by atoms with Gasteiger partial charge in [-0.1, -0.05) is 25.0 Å². The molecular formula is C24H35N3O2. The molecule has 158 valence electrons. The number of nitrogens with zero attached hydrogens (tertiary/aromatic N) is 3. The van der Waals surface area contributed by atoms with Crippen LogP contribution in [0.1, 0.15) is 49.7 Å². The van der Waals surface area contributed by atoms with E-state index in [9.17, 15) is 4.79 Å². The van der Waals surface area contributed by atoms with Crippen molar-refractivity contribution in [1.82, 2.24) is 14.7 Å². The molecule has 0 spiro atoms. The summed E-state index contributed by atoms with van der Waals surface area (Å²) >= 11 is 0. The van der Waals surface area contributed by atoms with Crippen LogP contribution in [0, 0.1) is 5.92 Å². The Bertz CT molecular complexity index is 727. The topological polar surface area (TPSA) is 36.0 Å². The molecule has 1 amide bonds. The lowest BCUT2D eigenvalue weighted by atomic mass is 9.78. The lowest BCUT2D eigenvalue weighted by Crippen LogP contribution is -2.54. The monoisotopic (exact) mass is 397 g/mol. The molecule has 1 aliphatic carbocycles. The number of hydrogen-bond acceptors (Lipinski definition) is 4. The highest BCUT2D eigenvalue weighted by atomic mass is 16.5. The number of benzene rings is 1. The quantitative estimate of drug-likeness (QED) is 0.783. The zero-order valence-electron chi connectivity index (χ0n) is 17.7. The van der Waals surface area contributed by atoms with Crippen LogP contribution in [0.3, 0.4) is 0 Å². The van der Waals surface area contributed by atoms with E-state index in [1.807, 2.05) is 0 Å². The van der Waals surface area contributed by atoms with Crippen LogP contribution in [0.2, 0.25) is 0 Å². The smallest absolute Gasteiger partial charge is 0.237 e. The number of fused-ring (bicyclic) bond motifs is 2. The van der Waals surface area contributed by atoms with Crippen molar-refractivity contribution in [1.29, 1.82) is 0 Å². The van der Waals surface area contributed by atoms with Crippen LogP contribution >= 0.6 is 0 Å². The zero-order chi connectivity index (χ0) is 19.6. The molecule has 29 heavy (non-hydrogen) atoms. The maximum Gasteiger partial charge on any atom is 0.237 e. The van der Waals surface area contributed by atoms with E-state index >= 15 is 0 Å². The van der Waals surface area contributed by atoms with E-state index < -0.39 is 0 Å². The molecule has 1 aromatic carbocycles. The van der Waals surface area contributed by atoms with Gasteiger partial charge >= 0.3 is 0 Å². The number of amides is 1. The minimum absolute atomic E-state index is 0.383. The van der Waals surface area contributed by atoms with E-state index in [4.69, 9.17) is 4.74 Å². The molecule has 0 unspecified atom stereocenters. The van der Waals surface area contributed by atoms with Crippen molar-refractivity contribution in [2.45, 2.75) is 57.5 Å². The largest absolute Gasteiger partial charge is 0.493 e. The van der Waals surface area contributed by atoms with Gasteiger partial charge in [0, 0.05) is 51.7 Å². The fourth-order valence-electron chi connectivity index (χ4n) is 5.92. The molecule has 0 aromatic heterocycles. The number of carbonyl (C=O) groups is 1. The molecule has 1 aromatic rings. The first-order chi connectivity index (χ1) is 14.3. The first-order valence-electron chi connectivity index (χ1n) is 11.7. The number of carbonyl (C=O) groups excluding carboxylic acids is 1. The Morgan fingerprint density at radius 3 is 2.66 bits per heavy atom. The molecule has 5 heteroatoms. The molecule has 0 bridgehead atoms. The van der Waals surface area contributed by atoms with E-state index in [1.165, 1.54) is 49.7 Å².